The molecule has 0 radical (unpaired) electrons. The van der Waals surface area contributed by atoms with Crippen molar-refractivity contribution in [3.05, 3.63) is 41.1 Å². The third kappa shape index (κ3) is 3.72. The number of nitrogens with zero attached hydrogens (tertiary/aromatic N) is 2. The van der Waals surface area contributed by atoms with Crippen molar-refractivity contribution in [3.63, 3.8) is 0 Å². The van der Waals surface area contributed by atoms with Gasteiger partial charge in [0.05, 0.1) is 0 Å². The highest BCUT2D eigenvalue weighted by atomic mass is 16.5. The van der Waals surface area contributed by atoms with Gasteiger partial charge >= 0.3 is 0 Å². The van der Waals surface area contributed by atoms with E-state index < -0.39 is 0 Å². The summed E-state index contributed by atoms with van der Waals surface area (Å²) < 4.78 is 5.97. The van der Waals surface area contributed by atoms with Gasteiger partial charge in [-0.25, -0.2) is 4.98 Å². The maximum Gasteiger partial charge on any atom is 0.224 e. The van der Waals surface area contributed by atoms with E-state index in [2.05, 4.69) is 49.8 Å². The van der Waals surface area contributed by atoms with Crippen LogP contribution < -0.4 is 10.5 Å². The topological polar surface area (TPSA) is 61.0 Å². The van der Waals surface area contributed by atoms with Crippen LogP contribution in [0.3, 0.4) is 0 Å². The molecule has 0 aliphatic carbocycles. The van der Waals surface area contributed by atoms with Crippen LogP contribution >= 0.6 is 0 Å². The lowest BCUT2D eigenvalue weighted by molar-refractivity contribution is 0.439. The molecule has 0 aliphatic heterocycles. The summed E-state index contributed by atoms with van der Waals surface area (Å²) in [5, 5.41) is 0. The summed E-state index contributed by atoms with van der Waals surface area (Å²) in [6, 6.07) is 8.08. The van der Waals surface area contributed by atoms with Crippen molar-refractivity contribution >= 4 is 5.95 Å². The molecule has 0 bridgehead atoms. The van der Waals surface area contributed by atoms with Crippen LogP contribution in [0, 0.1) is 6.92 Å². The van der Waals surface area contributed by atoms with Gasteiger partial charge in [0.25, 0.3) is 0 Å². The lowest BCUT2D eigenvalue weighted by Crippen LogP contribution is -2.13. The molecule has 0 unspecified atom stereocenters. The van der Waals surface area contributed by atoms with Crippen LogP contribution in [0.1, 0.15) is 44.5 Å². The zero-order chi connectivity index (χ0) is 15.6. The highest BCUT2D eigenvalue weighted by Gasteiger charge is 2.20. The Hall–Kier alpha value is -2.10. The number of nitrogens with two attached hydrogens (primary N) is 1. The Morgan fingerprint density at radius 1 is 1.14 bits per heavy atom. The van der Waals surface area contributed by atoms with Crippen molar-refractivity contribution in [2.75, 3.05) is 5.73 Å². The molecule has 21 heavy (non-hydrogen) atoms. The molecular formula is C17H23N3O. The van der Waals surface area contributed by atoms with Gasteiger partial charge in [0.15, 0.2) is 0 Å². The predicted octanol–water partition coefficient (Wildman–Crippen LogP) is 4.02. The van der Waals surface area contributed by atoms with Gasteiger partial charge in [-0.3, -0.25) is 0 Å². The Bertz CT molecular complexity index is 625. The molecule has 0 atom stereocenters. The Morgan fingerprint density at radius 2 is 1.86 bits per heavy atom. The normalized spacial score (nSPS) is 11.5. The molecule has 2 aromatic rings. The van der Waals surface area contributed by atoms with Crippen LogP contribution in [0.4, 0.5) is 5.95 Å². The highest BCUT2D eigenvalue weighted by molar-refractivity contribution is 5.43. The minimum absolute atomic E-state index is 0.00582. The van der Waals surface area contributed by atoms with E-state index >= 15 is 0 Å². The summed E-state index contributed by atoms with van der Waals surface area (Å²) in [6.45, 7) is 10.5. The van der Waals surface area contributed by atoms with Crippen molar-refractivity contribution < 1.29 is 4.74 Å². The van der Waals surface area contributed by atoms with E-state index in [9.17, 15) is 0 Å². The van der Waals surface area contributed by atoms with Gasteiger partial charge in [-0.2, -0.15) is 4.98 Å². The zero-order valence-electron chi connectivity index (χ0n) is 13.4. The van der Waals surface area contributed by atoms with Crippen molar-refractivity contribution in [2.45, 2.75) is 46.5 Å². The van der Waals surface area contributed by atoms with Gasteiger partial charge in [-0.1, -0.05) is 39.8 Å². The van der Waals surface area contributed by atoms with E-state index in [1.165, 1.54) is 5.56 Å². The van der Waals surface area contributed by atoms with Crippen molar-refractivity contribution in [3.8, 4) is 11.6 Å². The first-order valence-corrected chi connectivity index (χ1v) is 7.22. The SMILES string of the molecule is CCc1ccc(Oc2cc(C)nc(N)n2)c(C(C)(C)C)c1. The van der Waals surface area contributed by atoms with Gasteiger partial charge in [0.1, 0.15) is 5.75 Å². The first-order valence-electron chi connectivity index (χ1n) is 7.22. The Morgan fingerprint density at radius 3 is 2.43 bits per heavy atom. The lowest BCUT2D eigenvalue weighted by atomic mass is 9.85. The van der Waals surface area contributed by atoms with E-state index in [4.69, 9.17) is 10.5 Å². The second kappa shape index (κ2) is 5.72. The Kier molecular flexibility index (Phi) is 4.16. The Balaban J connectivity index is 2.43. The monoisotopic (exact) mass is 285 g/mol. The quantitative estimate of drug-likeness (QED) is 0.925. The number of anilines is 1. The minimum atomic E-state index is -0.00582. The molecule has 2 N–H and O–H groups in total. The standard InChI is InChI=1S/C17H23N3O/c1-6-12-7-8-14(13(10-12)17(3,4)5)21-15-9-11(2)19-16(18)20-15/h7-10H,6H2,1-5H3,(H2,18,19,20). The van der Waals surface area contributed by atoms with Crippen LogP contribution in [0.25, 0.3) is 0 Å². The summed E-state index contributed by atoms with van der Waals surface area (Å²) in [7, 11) is 0. The largest absolute Gasteiger partial charge is 0.439 e. The number of ether oxygens (including phenoxy) is 1. The molecular weight excluding hydrogens is 262 g/mol. The fourth-order valence-corrected chi connectivity index (χ4v) is 2.20. The number of aromatic nitrogens is 2. The van der Waals surface area contributed by atoms with Crippen LogP contribution in [-0.2, 0) is 11.8 Å². The van der Waals surface area contributed by atoms with Crippen molar-refractivity contribution in [1.29, 1.82) is 0 Å². The van der Waals surface area contributed by atoms with E-state index in [0.717, 1.165) is 23.4 Å². The number of hydrogen-bond acceptors (Lipinski definition) is 4. The fraction of sp³-hybridized carbons (Fsp3) is 0.412. The molecule has 1 heterocycles. The van der Waals surface area contributed by atoms with E-state index in [1.54, 1.807) is 6.07 Å². The van der Waals surface area contributed by atoms with Crippen LogP contribution in [-0.4, -0.2) is 9.97 Å². The maximum absolute atomic E-state index is 5.97. The molecule has 1 aromatic carbocycles. The fourth-order valence-electron chi connectivity index (χ4n) is 2.20. The number of hydrogen-bond donors (Lipinski definition) is 1. The Labute approximate surface area is 126 Å². The summed E-state index contributed by atoms with van der Waals surface area (Å²) >= 11 is 0. The van der Waals surface area contributed by atoms with Gasteiger partial charge in [-0.05, 0) is 30.4 Å². The molecule has 0 amide bonds. The average molecular weight is 285 g/mol. The zero-order valence-corrected chi connectivity index (χ0v) is 13.4. The molecule has 0 saturated heterocycles. The summed E-state index contributed by atoms with van der Waals surface area (Å²) in [5.74, 6) is 1.53. The van der Waals surface area contributed by atoms with Gasteiger partial charge in [0, 0.05) is 17.3 Å². The molecule has 4 nitrogen and oxygen atoms in total. The van der Waals surface area contributed by atoms with Crippen LogP contribution in [0.15, 0.2) is 24.3 Å². The van der Waals surface area contributed by atoms with Crippen molar-refractivity contribution in [2.24, 2.45) is 0 Å². The van der Waals surface area contributed by atoms with E-state index in [0.29, 0.717) is 5.88 Å². The van der Waals surface area contributed by atoms with Crippen LogP contribution in [0.2, 0.25) is 0 Å². The van der Waals surface area contributed by atoms with Crippen molar-refractivity contribution in [1.82, 2.24) is 9.97 Å². The van der Waals surface area contributed by atoms with E-state index in [-0.39, 0.29) is 11.4 Å². The smallest absolute Gasteiger partial charge is 0.224 e. The number of aryl methyl sites for hydroxylation is 2. The third-order valence-corrected chi connectivity index (χ3v) is 3.32. The summed E-state index contributed by atoms with van der Waals surface area (Å²) in [4.78, 5) is 8.20. The van der Waals surface area contributed by atoms with E-state index in [1.807, 2.05) is 13.0 Å². The molecule has 0 aliphatic rings. The predicted molar refractivity (Wildman–Crippen MR) is 85.8 cm³/mol. The molecule has 0 saturated carbocycles. The first-order chi connectivity index (χ1) is 9.79. The molecule has 1 aromatic heterocycles. The van der Waals surface area contributed by atoms with Crippen LogP contribution in [0.5, 0.6) is 11.6 Å². The molecule has 0 spiro atoms. The second-order valence-electron chi connectivity index (χ2n) is 6.24. The lowest BCUT2D eigenvalue weighted by Gasteiger charge is -2.23. The molecule has 112 valence electrons. The molecule has 4 heteroatoms. The summed E-state index contributed by atoms with van der Waals surface area (Å²) in [5.41, 5.74) is 8.93. The maximum atomic E-state index is 5.97. The average Bonchev–Trinajstić information content (AvgIpc) is 2.36. The number of nitrogen functional groups attached to an aromatic ring is 1. The minimum Gasteiger partial charge on any atom is -0.439 e. The van der Waals surface area contributed by atoms with Gasteiger partial charge in [-0.15, -0.1) is 0 Å². The van der Waals surface area contributed by atoms with Gasteiger partial charge < -0.3 is 10.5 Å². The van der Waals surface area contributed by atoms with Gasteiger partial charge in [0.2, 0.25) is 11.8 Å². The number of benzene rings is 1. The summed E-state index contributed by atoms with van der Waals surface area (Å²) in [6.07, 6.45) is 1.00. The first kappa shape index (κ1) is 15.3. The molecule has 0 fully saturated rings. The number of rotatable bonds is 3. The molecule has 2 rings (SSSR count). The second-order valence-corrected chi connectivity index (χ2v) is 6.24. The highest BCUT2D eigenvalue weighted by Crippen LogP contribution is 2.34. The third-order valence-electron chi connectivity index (χ3n) is 3.32.